The molecule has 0 bridgehead atoms. The van der Waals surface area contributed by atoms with Crippen LogP contribution >= 0.6 is 23.4 Å². The second-order valence-electron chi connectivity index (χ2n) is 6.74. The standard InChI is InChI=1S/C21H19ClN4O2S/c1-3-11-29-21-23-19(28)18-16-9-4-5-10-17(16)25(13(2)27)20(26(18)24-21)14-7-6-8-15(22)12-14/h4-10,12,20H,3,11H2,1-2H3/p+1/t20-/m1/s1. The zero-order chi connectivity index (χ0) is 20.5. The van der Waals surface area contributed by atoms with Gasteiger partial charge in [0.2, 0.25) is 11.1 Å². The van der Waals surface area contributed by atoms with Crippen LogP contribution < -0.4 is 15.1 Å². The molecule has 2 heterocycles. The molecule has 1 aliphatic heterocycles. The Hall–Kier alpha value is -2.64. The van der Waals surface area contributed by atoms with Gasteiger partial charge in [0, 0.05) is 28.4 Å². The molecule has 0 saturated carbocycles. The van der Waals surface area contributed by atoms with E-state index in [0.717, 1.165) is 17.7 Å². The van der Waals surface area contributed by atoms with E-state index in [9.17, 15) is 9.59 Å². The number of thioether (sulfide) groups is 1. The number of amides is 1. The van der Waals surface area contributed by atoms with Gasteiger partial charge in [-0.2, -0.15) is 0 Å². The van der Waals surface area contributed by atoms with Gasteiger partial charge in [0.1, 0.15) is 0 Å². The number of carbonyl (C=O) groups is 1. The minimum atomic E-state index is -0.612. The average Bonchev–Trinajstić information content (AvgIpc) is 2.70. The lowest BCUT2D eigenvalue weighted by molar-refractivity contribution is -0.763. The number of aromatic amines is 1. The summed E-state index contributed by atoms with van der Waals surface area (Å²) in [5, 5.41) is 5.79. The van der Waals surface area contributed by atoms with Crippen LogP contribution in [0.25, 0.3) is 11.3 Å². The second-order valence-corrected chi connectivity index (χ2v) is 8.26. The smallest absolute Gasteiger partial charge is 0.291 e. The highest BCUT2D eigenvalue weighted by Crippen LogP contribution is 2.37. The van der Waals surface area contributed by atoms with Crippen molar-refractivity contribution in [3.8, 4) is 11.3 Å². The van der Waals surface area contributed by atoms with E-state index in [1.807, 2.05) is 36.4 Å². The Balaban J connectivity index is 2.03. The molecule has 29 heavy (non-hydrogen) atoms. The molecule has 1 aliphatic rings. The first kappa shape index (κ1) is 19.7. The van der Waals surface area contributed by atoms with Crippen molar-refractivity contribution in [3.05, 3.63) is 69.5 Å². The summed E-state index contributed by atoms with van der Waals surface area (Å²) in [4.78, 5) is 30.4. The van der Waals surface area contributed by atoms with Crippen LogP contribution in [0.3, 0.4) is 0 Å². The predicted octanol–water partition coefficient (Wildman–Crippen LogP) is 3.79. The normalized spacial score (nSPS) is 15.0. The zero-order valence-corrected chi connectivity index (χ0v) is 17.6. The quantitative estimate of drug-likeness (QED) is 0.508. The van der Waals surface area contributed by atoms with Crippen molar-refractivity contribution in [3.63, 3.8) is 0 Å². The van der Waals surface area contributed by atoms with Gasteiger partial charge in [-0.05, 0) is 35.4 Å². The van der Waals surface area contributed by atoms with Crippen molar-refractivity contribution in [2.75, 3.05) is 10.7 Å². The Labute approximate surface area is 177 Å². The molecule has 2 aromatic carbocycles. The van der Waals surface area contributed by atoms with Crippen molar-refractivity contribution < 1.29 is 9.48 Å². The molecule has 8 heteroatoms. The Kier molecular flexibility index (Phi) is 5.43. The Bertz CT molecular complexity index is 1150. The molecule has 1 amide bonds. The van der Waals surface area contributed by atoms with Gasteiger partial charge in [0.25, 0.3) is 6.17 Å². The lowest BCUT2D eigenvalue weighted by atomic mass is 10.0. The molecule has 1 aromatic heterocycles. The largest absolute Gasteiger partial charge is 0.325 e. The summed E-state index contributed by atoms with van der Waals surface area (Å²) >= 11 is 7.73. The summed E-state index contributed by atoms with van der Waals surface area (Å²) in [6, 6.07) is 14.7. The van der Waals surface area contributed by atoms with Gasteiger partial charge in [0.05, 0.1) is 11.3 Å². The maximum Gasteiger partial charge on any atom is 0.325 e. The first-order chi connectivity index (χ1) is 14.0. The fourth-order valence-electron chi connectivity index (χ4n) is 3.54. The molecule has 0 aliphatic carbocycles. The van der Waals surface area contributed by atoms with E-state index in [1.54, 1.807) is 21.7 Å². The van der Waals surface area contributed by atoms with Crippen LogP contribution in [0.5, 0.6) is 0 Å². The maximum atomic E-state index is 13.1. The van der Waals surface area contributed by atoms with Crippen molar-refractivity contribution in [2.45, 2.75) is 31.6 Å². The molecule has 1 atom stereocenters. The minimum Gasteiger partial charge on any atom is -0.291 e. The molecule has 6 nitrogen and oxygen atoms in total. The van der Waals surface area contributed by atoms with Crippen LogP contribution in [0.1, 0.15) is 32.0 Å². The van der Waals surface area contributed by atoms with Gasteiger partial charge in [-0.25, -0.2) is 4.90 Å². The van der Waals surface area contributed by atoms with Gasteiger partial charge in [-0.1, -0.05) is 54.6 Å². The lowest BCUT2D eigenvalue weighted by Crippen LogP contribution is -2.60. The number of halogens is 1. The zero-order valence-electron chi connectivity index (χ0n) is 16.1. The SMILES string of the molecule is CCCSc1n[n+]2c(c(=O)[nH]1)-c1ccccc1N(C(C)=O)[C@H]2c1cccc(Cl)c1. The third kappa shape index (κ3) is 3.56. The number of anilines is 1. The number of aromatic nitrogens is 3. The van der Waals surface area contributed by atoms with Gasteiger partial charge >= 0.3 is 11.3 Å². The molecular weight excluding hydrogens is 408 g/mol. The Morgan fingerprint density at radius 3 is 2.79 bits per heavy atom. The Morgan fingerprint density at radius 2 is 2.07 bits per heavy atom. The number of hydrogen-bond donors (Lipinski definition) is 1. The fourth-order valence-corrected chi connectivity index (χ4v) is 4.45. The number of H-pyrrole nitrogens is 1. The summed E-state index contributed by atoms with van der Waals surface area (Å²) in [6.07, 6.45) is 0.343. The number of benzene rings is 2. The van der Waals surface area contributed by atoms with E-state index >= 15 is 0 Å². The molecule has 4 rings (SSSR count). The molecule has 1 N–H and O–H groups in total. The summed E-state index contributed by atoms with van der Waals surface area (Å²) in [5.74, 6) is 0.683. The summed E-state index contributed by atoms with van der Waals surface area (Å²) in [6.45, 7) is 3.58. The maximum absolute atomic E-state index is 13.1. The van der Waals surface area contributed by atoms with E-state index in [2.05, 4.69) is 11.9 Å². The van der Waals surface area contributed by atoms with Gasteiger partial charge in [-0.3, -0.25) is 14.6 Å². The van der Waals surface area contributed by atoms with Crippen LogP contribution in [-0.4, -0.2) is 21.7 Å². The Morgan fingerprint density at radius 1 is 1.28 bits per heavy atom. The average molecular weight is 428 g/mol. The molecular formula is C21H20ClN4O2S+. The van der Waals surface area contributed by atoms with Crippen molar-refractivity contribution in [1.29, 1.82) is 0 Å². The van der Waals surface area contributed by atoms with Gasteiger partial charge < -0.3 is 0 Å². The molecule has 3 aromatic rings. The molecule has 148 valence electrons. The molecule has 0 spiro atoms. The van der Waals surface area contributed by atoms with E-state index in [0.29, 0.717) is 27.1 Å². The van der Waals surface area contributed by atoms with Crippen LogP contribution in [0.2, 0.25) is 5.02 Å². The number of para-hydroxylation sites is 1. The van der Waals surface area contributed by atoms with Gasteiger partial charge in [0.15, 0.2) is 0 Å². The number of carbonyl (C=O) groups excluding carboxylic acids is 1. The number of rotatable bonds is 4. The number of nitrogens with zero attached hydrogens (tertiary/aromatic N) is 3. The van der Waals surface area contributed by atoms with E-state index < -0.39 is 6.17 Å². The van der Waals surface area contributed by atoms with Crippen molar-refractivity contribution in [1.82, 2.24) is 10.1 Å². The molecule has 0 unspecified atom stereocenters. The van der Waals surface area contributed by atoms with Gasteiger partial charge in [-0.15, -0.1) is 0 Å². The first-order valence-electron chi connectivity index (χ1n) is 9.35. The molecule has 0 radical (unpaired) electrons. The van der Waals surface area contributed by atoms with Crippen LogP contribution in [0, 0.1) is 0 Å². The fraction of sp³-hybridized carbons (Fsp3) is 0.238. The highest BCUT2D eigenvalue weighted by Gasteiger charge is 2.44. The summed E-state index contributed by atoms with van der Waals surface area (Å²) in [7, 11) is 0. The first-order valence-corrected chi connectivity index (χ1v) is 10.7. The molecule has 0 fully saturated rings. The van der Waals surface area contributed by atoms with E-state index in [4.69, 9.17) is 16.7 Å². The monoisotopic (exact) mass is 427 g/mol. The molecule has 0 saturated heterocycles. The highest BCUT2D eigenvalue weighted by molar-refractivity contribution is 7.99. The van der Waals surface area contributed by atoms with Crippen LogP contribution in [0.4, 0.5) is 5.69 Å². The lowest BCUT2D eigenvalue weighted by Gasteiger charge is -2.31. The van der Waals surface area contributed by atoms with Crippen molar-refractivity contribution in [2.24, 2.45) is 0 Å². The van der Waals surface area contributed by atoms with E-state index in [1.165, 1.54) is 18.7 Å². The third-order valence-corrected chi connectivity index (χ3v) is 5.99. The second kappa shape index (κ2) is 8.00. The van der Waals surface area contributed by atoms with Crippen molar-refractivity contribution >= 4 is 35.0 Å². The number of nitrogens with one attached hydrogen (secondary N) is 1. The van der Waals surface area contributed by atoms with E-state index in [-0.39, 0.29) is 11.5 Å². The minimum absolute atomic E-state index is 0.148. The topological polar surface area (TPSA) is 69.9 Å². The number of fused-ring (bicyclic) bond motifs is 3. The highest BCUT2D eigenvalue weighted by atomic mass is 35.5. The van der Waals surface area contributed by atoms with Crippen LogP contribution in [-0.2, 0) is 4.79 Å². The summed E-state index contributed by atoms with van der Waals surface area (Å²) in [5.41, 5.74) is 2.30. The van der Waals surface area contributed by atoms with Crippen LogP contribution in [0.15, 0.2) is 58.5 Å². The predicted molar refractivity (Wildman–Crippen MR) is 114 cm³/mol. The summed E-state index contributed by atoms with van der Waals surface area (Å²) < 4.78 is 1.65. The third-order valence-electron chi connectivity index (χ3n) is 4.69. The number of hydrogen-bond acceptors (Lipinski definition) is 4.